The summed E-state index contributed by atoms with van der Waals surface area (Å²) in [5, 5.41) is 3.26. The molecule has 0 aromatic heterocycles. The standard InChI is InChI=1S/C18H32N2O.ClH/c1-12-5-7-13(8-6-12)11-20-18(21)16-9-14-3-2-4-15(10-16)17(14)19;/h12-17H,2-11,19H2,1H3,(H,20,21);1H. The van der Waals surface area contributed by atoms with E-state index in [0.29, 0.717) is 23.8 Å². The zero-order valence-corrected chi connectivity index (χ0v) is 14.7. The number of nitrogens with one attached hydrogen (secondary N) is 1. The summed E-state index contributed by atoms with van der Waals surface area (Å²) in [6.07, 6.45) is 11.1. The van der Waals surface area contributed by atoms with Gasteiger partial charge in [-0.2, -0.15) is 0 Å². The maximum Gasteiger partial charge on any atom is 0.223 e. The first-order chi connectivity index (χ1) is 10.1. The molecular weight excluding hydrogens is 296 g/mol. The van der Waals surface area contributed by atoms with Crippen LogP contribution in [0, 0.1) is 29.6 Å². The Morgan fingerprint density at radius 1 is 1.05 bits per heavy atom. The van der Waals surface area contributed by atoms with E-state index < -0.39 is 0 Å². The van der Waals surface area contributed by atoms with Crippen LogP contribution < -0.4 is 11.1 Å². The van der Waals surface area contributed by atoms with Gasteiger partial charge in [-0.1, -0.05) is 26.2 Å². The number of halogens is 1. The molecule has 1 amide bonds. The van der Waals surface area contributed by atoms with Crippen molar-refractivity contribution in [2.45, 2.75) is 70.8 Å². The van der Waals surface area contributed by atoms with Gasteiger partial charge in [-0.3, -0.25) is 4.79 Å². The first kappa shape index (κ1) is 18.1. The normalized spacial score (nSPS) is 41.4. The van der Waals surface area contributed by atoms with E-state index in [2.05, 4.69) is 12.2 Å². The van der Waals surface area contributed by atoms with Gasteiger partial charge in [-0.15, -0.1) is 12.4 Å². The summed E-state index contributed by atoms with van der Waals surface area (Å²) in [4.78, 5) is 12.5. The van der Waals surface area contributed by atoms with Gasteiger partial charge in [0.05, 0.1) is 0 Å². The molecule has 0 heterocycles. The predicted octanol–water partition coefficient (Wildman–Crippen LogP) is 3.50. The Morgan fingerprint density at radius 3 is 2.23 bits per heavy atom. The molecule has 3 fully saturated rings. The summed E-state index contributed by atoms with van der Waals surface area (Å²) in [6, 6.07) is 0.364. The number of carbonyl (C=O) groups excluding carboxylic acids is 1. The molecule has 0 radical (unpaired) electrons. The van der Waals surface area contributed by atoms with Crippen molar-refractivity contribution in [2.24, 2.45) is 35.3 Å². The molecule has 0 aromatic carbocycles. The van der Waals surface area contributed by atoms with Gasteiger partial charge < -0.3 is 11.1 Å². The van der Waals surface area contributed by atoms with Gasteiger partial charge in [0.15, 0.2) is 0 Å². The Labute approximate surface area is 141 Å². The molecule has 0 saturated heterocycles. The summed E-state index contributed by atoms with van der Waals surface area (Å²) in [5.41, 5.74) is 6.32. The molecular formula is C18H33ClN2O. The number of rotatable bonds is 3. The summed E-state index contributed by atoms with van der Waals surface area (Å²) >= 11 is 0. The Hall–Kier alpha value is -0.280. The third kappa shape index (κ3) is 4.17. The van der Waals surface area contributed by atoms with Gasteiger partial charge in [0.25, 0.3) is 0 Å². The highest BCUT2D eigenvalue weighted by Gasteiger charge is 2.40. The van der Waals surface area contributed by atoms with Crippen LogP contribution in [0.4, 0.5) is 0 Å². The van der Waals surface area contributed by atoms with E-state index in [1.165, 1.54) is 44.9 Å². The Kier molecular flexibility index (Phi) is 6.58. The monoisotopic (exact) mass is 328 g/mol. The smallest absolute Gasteiger partial charge is 0.223 e. The number of hydrogen-bond acceptors (Lipinski definition) is 2. The van der Waals surface area contributed by atoms with E-state index in [1.54, 1.807) is 0 Å². The average Bonchev–Trinajstić information content (AvgIpc) is 2.46. The Balaban J connectivity index is 0.00000176. The van der Waals surface area contributed by atoms with Crippen LogP contribution in [0.2, 0.25) is 0 Å². The van der Waals surface area contributed by atoms with Crippen LogP contribution in [0.5, 0.6) is 0 Å². The van der Waals surface area contributed by atoms with Gasteiger partial charge >= 0.3 is 0 Å². The highest BCUT2D eigenvalue weighted by Crippen LogP contribution is 2.41. The van der Waals surface area contributed by atoms with Crippen molar-refractivity contribution in [3.8, 4) is 0 Å². The fraction of sp³-hybridized carbons (Fsp3) is 0.944. The zero-order chi connectivity index (χ0) is 14.8. The van der Waals surface area contributed by atoms with Crippen molar-refractivity contribution in [3.63, 3.8) is 0 Å². The molecule has 0 aromatic rings. The Morgan fingerprint density at radius 2 is 1.64 bits per heavy atom. The van der Waals surface area contributed by atoms with Crippen molar-refractivity contribution >= 4 is 18.3 Å². The van der Waals surface area contributed by atoms with E-state index in [0.717, 1.165) is 31.2 Å². The van der Waals surface area contributed by atoms with Crippen molar-refractivity contribution in [3.05, 3.63) is 0 Å². The van der Waals surface area contributed by atoms with Crippen LogP contribution in [0.3, 0.4) is 0 Å². The molecule has 2 atom stereocenters. The van der Waals surface area contributed by atoms with E-state index in [-0.39, 0.29) is 18.3 Å². The number of fused-ring (bicyclic) bond motifs is 2. The van der Waals surface area contributed by atoms with Gasteiger partial charge in [0.2, 0.25) is 5.91 Å². The topological polar surface area (TPSA) is 55.1 Å². The summed E-state index contributed by atoms with van der Waals surface area (Å²) in [6.45, 7) is 3.25. The molecule has 0 spiro atoms. The second kappa shape index (κ2) is 8.01. The number of carbonyl (C=O) groups is 1. The van der Waals surface area contributed by atoms with Crippen LogP contribution in [0.15, 0.2) is 0 Å². The van der Waals surface area contributed by atoms with Crippen molar-refractivity contribution < 1.29 is 4.79 Å². The molecule has 3 aliphatic rings. The van der Waals surface area contributed by atoms with Crippen LogP contribution in [-0.4, -0.2) is 18.5 Å². The lowest BCUT2D eigenvalue weighted by atomic mass is 9.65. The molecule has 3 rings (SSSR count). The zero-order valence-electron chi connectivity index (χ0n) is 13.9. The molecule has 2 unspecified atom stereocenters. The molecule has 2 bridgehead atoms. The highest BCUT2D eigenvalue weighted by molar-refractivity contribution is 5.85. The van der Waals surface area contributed by atoms with E-state index in [9.17, 15) is 4.79 Å². The summed E-state index contributed by atoms with van der Waals surface area (Å²) < 4.78 is 0. The lowest BCUT2D eigenvalue weighted by Crippen LogP contribution is -2.49. The highest BCUT2D eigenvalue weighted by atomic mass is 35.5. The Bertz CT molecular complexity index is 354. The fourth-order valence-corrected chi connectivity index (χ4v) is 4.93. The number of amides is 1. The second-order valence-electron chi connectivity index (χ2n) is 8.07. The quantitative estimate of drug-likeness (QED) is 0.833. The molecule has 0 aliphatic heterocycles. The number of hydrogen-bond donors (Lipinski definition) is 2. The van der Waals surface area contributed by atoms with Crippen LogP contribution in [0.25, 0.3) is 0 Å². The maximum absolute atomic E-state index is 12.5. The minimum absolute atomic E-state index is 0. The molecule has 128 valence electrons. The van der Waals surface area contributed by atoms with Crippen molar-refractivity contribution in [1.82, 2.24) is 5.32 Å². The molecule has 3 nitrogen and oxygen atoms in total. The van der Waals surface area contributed by atoms with E-state index >= 15 is 0 Å². The van der Waals surface area contributed by atoms with Crippen LogP contribution in [0.1, 0.15) is 64.7 Å². The number of nitrogens with two attached hydrogens (primary N) is 1. The van der Waals surface area contributed by atoms with Gasteiger partial charge in [-0.25, -0.2) is 0 Å². The first-order valence-corrected chi connectivity index (χ1v) is 9.16. The molecule has 4 heteroatoms. The minimum atomic E-state index is 0. The van der Waals surface area contributed by atoms with E-state index in [4.69, 9.17) is 5.73 Å². The predicted molar refractivity (Wildman–Crippen MR) is 92.9 cm³/mol. The largest absolute Gasteiger partial charge is 0.356 e. The lowest BCUT2D eigenvalue weighted by Gasteiger charge is -2.43. The average molecular weight is 329 g/mol. The van der Waals surface area contributed by atoms with E-state index in [1.807, 2.05) is 0 Å². The molecule has 3 aliphatic carbocycles. The molecule has 3 saturated carbocycles. The van der Waals surface area contributed by atoms with Gasteiger partial charge in [0.1, 0.15) is 0 Å². The second-order valence-corrected chi connectivity index (χ2v) is 8.07. The SMILES string of the molecule is CC1CCC(CNC(=O)C2CC3CCCC(C2)C3N)CC1.Cl. The minimum Gasteiger partial charge on any atom is -0.356 e. The lowest BCUT2D eigenvalue weighted by molar-refractivity contribution is -0.128. The molecule has 22 heavy (non-hydrogen) atoms. The van der Waals surface area contributed by atoms with Crippen molar-refractivity contribution in [1.29, 1.82) is 0 Å². The summed E-state index contributed by atoms with van der Waals surface area (Å²) in [7, 11) is 0. The third-order valence-electron chi connectivity index (χ3n) is 6.48. The van der Waals surface area contributed by atoms with Gasteiger partial charge in [-0.05, 0) is 62.2 Å². The third-order valence-corrected chi connectivity index (χ3v) is 6.48. The molecule has 3 N–H and O–H groups in total. The maximum atomic E-state index is 12.5. The van der Waals surface area contributed by atoms with Crippen LogP contribution >= 0.6 is 12.4 Å². The fourth-order valence-electron chi connectivity index (χ4n) is 4.93. The summed E-state index contributed by atoms with van der Waals surface area (Å²) in [5.74, 6) is 3.36. The first-order valence-electron chi connectivity index (χ1n) is 9.16. The van der Waals surface area contributed by atoms with Crippen LogP contribution in [-0.2, 0) is 4.79 Å². The van der Waals surface area contributed by atoms with Crippen molar-refractivity contribution in [2.75, 3.05) is 6.54 Å². The van der Waals surface area contributed by atoms with Gasteiger partial charge in [0, 0.05) is 18.5 Å².